The normalized spacial score (nSPS) is 13.0. The molecule has 2 N–H and O–H groups in total. The Morgan fingerprint density at radius 1 is 1.04 bits per heavy atom. The van der Waals surface area contributed by atoms with Gasteiger partial charge in [0.1, 0.15) is 0 Å². The van der Waals surface area contributed by atoms with Crippen LogP contribution in [-0.2, 0) is 12.8 Å². The molecule has 0 spiro atoms. The number of hydrogen-bond acceptors (Lipinski definition) is 3. The first-order valence-electron chi connectivity index (χ1n) is 7.91. The molecule has 0 bridgehead atoms. The van der Waals surface area contributed by atoms with Gasteiger partial charge >= 0.3 is 0 Å². The Morgan fingerprint density at radius 3 is 2.71 bits per heavy atom. The maximum absolute atomic E-state index is 11.3. The molecular formula is C19H14N4O. The van der Waals surface area contributed by atoms with Crippen molar-refractivity contribution in [3.05, 3.63) is 65.4 Å². The highest BCUT2D eigenvalue weighted by Crippen LogP contribution is 2.36. The summed E-state index contributed by atoms with van der Waals surface area (Å²) in [4.78, 5) is 11.3. The van der Waals surface area contributed by atoms with E-state index in [-0.39, 0.29) is 0 Å². The van der Waals surface area contributed by atoms with Crippen LogP contribution < -0.4 is 5.73 Å². The predicted molar refractivity (Wildman–Crippen MR) is 91.9 cm³/mol. The van der Waals surface area contributed by atoms with E-state index in [2.05, 4.69) is 40.5 Å². The van der Waals surface area contributed by atoms with Crippen molar-refractivity contribution in [3.8, 4) is 11.4 Å². The van der Waals surface area contributed by atoms with E-state index in [1.165, 1.54) is 21.9 Å². The van der Waals surface area contributed by atoms with Gasteiger partial charge in [0.05, 0.1) is 0 Å². The highest BCUT2D eigenvalue weighted by atomic mass is 16.1. The van der Waals surface area contributed by atoms with Crippen molar-refractivity contribution in [2.45, 2.75) is 12.8 Å². The molecule has 24 heavy (non-hydrogen) atoms. The molecule has 5 nitrogen and oxygen atoms in total. The molecule has 116 valence electrons. The maximum atomic E-state index is 11.3. The van der Waals surface area contributed by atoms with Gasteiger partial charge in [-0.25, -0.2) is 0 Å². The Hall–Kier alpha value is -3.21. The number of primary amides is 1. The molecule has 1 amide bonds. The molecule has 5 heteroatoms. The topological polar surface area (TPSA) is 73.3 Å². The summed E-state index contributed by atoms with van der Waals surface area (Å²) in [7, 11) is 0. The Labute approximate surface area is 137 Å². The monoisotopic (exact) mass is 314 g/mol. The minimum atomic E-state index is -0.465. The van der Waals surface area contributed by atoms with Gasteiger partial charge < -0.3 is 5.73 Å². The standard InChI is InChI=1S/C19H14N4O/c20-18(24)13-8-9-23-16(10-13)21-22-19(23)15-7-6-12-5-4-11-2-1-3-14(15)17(11)12/h1-3,6-10H,4-5H2,(H2,20,24). The van der Waals surface area contributed by atoms with E-state index in [0.29, 0.717) is 11.2 Å². The number of carbonyl (C=O) groups excluding carboxylic acids is 1. The molecule has 0 saturated carbocycles. The van der Waals surface area contributed by atoms with Crippen molar-refractivity contribution in [2.75, 3.05) is 0 Å². The van der Waals surface area contributed by atoms with Gasteiger partial charge in [0.2, 0.25) is 5.91 Å². The van der Waals surface area contributed by atoms with Crippen LogP contribution in [0.15, 0.2) is 48.7 Å². The van der Waals surface area contributed by atoms with Crippen LogP contribution in [-0.4, -0.2) is 20.5 Å². The van der Waals surface area contributed by atoms with E-state index in [1.54, 1.807) is 18.3 Å². The summed E-state index contributed by atoms with van der Waals surface area (Å²) in [6.45, 7) is 0. The summed E-state index contributed by atoms with van der Waals surface area (Å²) in [6, 6.07) is 14.1. The fraction of sp³-hybridized carbons (Fsp3) is 0.105. The number of fused-ring (bicyclic) bond motifs is 1. The number of benzene rings is 2. The van der Waals surface area contributed by atoms with Crippen molar-refractivity contribution in [2.24, 2.45) is 5.73 Å². The van der Waals surface area contributed by atoms with Gasteiger partial charge in [0.15, 0.2) is 11.5 Å². The number of nitrogens with two attached hydrogens (primary N) is 1. The second-order valence-corrected chi connectivity index (χ2v) is 6.14. The summed E-state index contributed by atoms with van der Waals surface area (Å²) in [5, 5.41) is 11.1. The molecular weight excluding hydrogens is 300 g/mol. The first-order chi connectivity index (χ1) is 11.7. The molecule has 0 fully saturated rings. The third-order valence-corrected chi connectivity index (χ3v) is 4.81. The van der Waals surface area contributed by atoms with Gasteiger partial charge in [-0.15, -0.1) is 10.2 Å². The Kier molecular flexibility index (Phi) is 2.56. The average Bonchev–Trinajstić information content (AvgIpc) is 3.20. The van der Waals surface area contributed by atoms with Crippen molar-refractivity contribution in [1.82, 2.24) is 14.6 Å². The molecule has 0 saturated heterocycles. The quantitative estimate of drug-likeness (QED) is 0.618. The summed E-state index contributed by atoms with van der Waals surface area (Å²) in [5.74, 6) is 0.309. The van der Waals surface area contributed by atoms with Gasteiger partial charge in [-0.3, -0.25) is 9.20 Å². The smallest absolute Gasteiger partial charge is 0.248 e. The third-order valence-electron chi connectivity index (χ3n) is 4.81. The molecule has 4 aromatic rings. The first kappa shape index (κ1) is 13.2. The van der Waals surface area contributed by atoms with Gasteiger partial charge in [0, 0.05) is 17.3 Å². The van der Waals surface area contributed by atoms with E-state index >= 15 is 0 Å². The zero-order valence-corrected chi connectivity index (χ0v) is 12.9. The lowest BCUT2D eigenvalue weighted by Crippen LogP contribution is -2.11. The number of carbonyl (C=O) groups is 1. The van der Waals surface area contributed by atoms with Crippen LogP contribution in [0.25, 0.3) is 27.8 Å². The number of aryl methyl sites for hydroxylation is 2. The number of nitrogens with zero attached hydrogens (tertiary/aromatic N) is 3. The molecule has 5 rings (SSSR count). The molecule has 1 aliphatic rings. The first-order valence-corrected chi connectivity index (χ1v) is 7.91. The molecule has 2 aromatic heterocycles. The van der Waals surface area contributed by atoms with E-state index in [9.17, 15) is 4.79 Å². The van der Waals surface area contributed by atoms with Crippen LogP contribution in [0.3, 0.4) is 0 Å². The summed E-state index contributed by atoms with van der Waals surface area (Å²) in [5.41, 5.74) is 10.2. The van der Waals surface area contributed by atoms with Crippen LogP contribution >= 0.6 is 0 Å². The molecule has 2 heterocycles. The van der Waals surface area contributed by atoms with Crippen LogP contribution in [0.5, 0.6) is 0 Å². The van der Waals surface area contributed by atoms with Crippen molar-refractivity contribution < 1.29 is 4.79 Å². The summed E-state index contributed by atoms with van der Waals surface area (Å²) < 4.78 is 1.89. The molecule has 0 radical (unpaired) electrons. The van der Waals surface area contributed by atoms with Gasteiger partial charge in [0.25, 0.3) is 0 Å². The number of pyridine rings is 1. The lowest BCUT2D eigenvalue weighted by molar-refractivity contribution is 0.100. The number of aromatic nitrogens is 3. The lowest BCUT2D eigenvalue weighted by atomic mass is 9.99. The fourth-order valence-corrected chi connectivity index (χ4v) is 3.67. The Bertz CT molecular complexity index is 1130. The van der Waals surface area contributed by atoms with Gasteiger partial charge in [-0.05, 0) is 46.9 Å². The molecule has 0 unspecified atom stereocenters. The van der Waals surface area contributed by atoms with Crippen molar-refractivity contribution in [1.29, 1.82) is 0 Å². The fourth-order valence-electron chi connectivity index (χ4n) is 3.67. The minimum Gasteiger partial charge on any atom is -0.366 e. The second-order valence-electron chi connectivity index (χ2n) is 6.14. The molecule has 0 atom stereocenters. The van der Waals surface area contributed by atoms with Gasteiger partial charge in [-0.1, -0.05) is 30.3 Å². The SMILES string of the molecule is NC(=O)c1ccn2c(-c3ccc4c5c(cccc35)CC4)nnc2c1. The van der Waals surface area contributed by atoms with Gasteiger partial charge in [-0.2, -0.15) is 0 Å². The number of hydrogen-bond donors (Lipinski definition) is 1. The van der Waals surface area contributed by atoms with E-state index in [0.717, 1.165) is 24.2 Å². The zero-order valence-electron chi connectivity index (χ0n) is 12.9. The Morgan fingerprint density at radius 2 is 1.88 bits per heavy atom. The van der Waals surface area contributed by atoms with Crippen LogP contribution in [0.2, 0.25) is 0 Å². The summed E-state index contributed by atoms with van der Waals surface area (Å²) in [6.07, 6.45) is 3.99. The highest BCUT2D eigenvalue weighted by Gasteiger charge is 2.19. The maximum Gasteiger partial charge on any atom is 0.248 e. The minimum absolute atomic E-state index is 0.432. The average molecular weight is 314 g/mol. The van der Waals surface area contributed by atoms with Crippen LogP contribution in [0.1, 0.15) is 21.5 Å². The third kappa shape index (κ3) is 1.72. The highest BCUT2D eigenvalue weighted by molar-refractivity contribution is 6.00. The largest absolute Gasteiger partial charge is 0.366 e. The number of rotatable bonds is 2. The molecule has 2 aromatic carbocycles. The van der Waals surface area contributed by atoms with E-state index in [4.69, 9.17) is 5.73 Å². The van der Waals surface area contributed by atoms with Crippen molar-refractivity contribution >= 4 is 22.3 Å². The van der Waals surface area contributed by atoms with Crippen molar-refractivity contribution in [3.63, 3.8) is 0 Å². The second kappa shape index (κ2) is 4.64. The van der Waals surface area contributed by atoms with Crippen LogP contribution in [0.4, 0.5) is 0 Å². The van der Waals surface area contributed by atoms with Crippen LogP contribution in [0, 0.1) is 0 Å². The molecule has 0 aliphatic heterocycles. The lowest BCUT2D eigenvalue weighted by Gasteiger charge is -2.08. The van der Waals surface area contributed by atoms with E-state index < -0.39 is 5.91 Å². The molecule has 1 aliphatic carbocycles. The predicted octanol–water partition coefficient (Wildman–Crippen LogP) is 2.75. The summed E-state index contributed by atoms with van der Waals surface area (Å²) >= 11 is 0. The Balaban J connectivity index is 1.80. The number of amides is 1. The van der Waals surface area contributed by atoms with E-state index in [1.807, 2.05) is 4.40 Å². The zero-order chi connectivity index (χ0) is 16.3.